The molecule has 0 heterocycles. The highest BCUT2D eigenvalue weighted by Gasteiger charge is 2.15. The van der Waals surface area contributed by atoms with Crippen molar-refractivity contribution >= 4 is 34.0 Å². The minimum atomic E-state index is -0.658. The van der Waals surface area contributed by atoms with Crippen LogP contribution in [0.25, 0.3) is 11.1 Å². The molecule has 0 aliphatic heterocycles. The van der Waals surface area contributed by atoms with Gasteiger partial charge < -0.3 is 11.1 Å². The van der Waals surface area contributed by atoms with E-state index in [4.69, 9.17) is 5.73 Å². The first-order valence-corrected chi connectivity index (χ1v) is 8.45. The quantitative estimate of drug-likeness (QED) is 0.325. The lowest BCUT2D eigenvalue weighted by atomic mass is 10.0. The molecule has 0 amide bonds. The number of benzene rings is 3. The summed E-state index contributed by atoms with van der Waals surface area (Å²) in [5.74, 6) is -1.31. The highest BCUT2D eigenvalue weighted by molar-refractivity contribution is 14.1. The average molecular weight is 436 g/mol. The van der Waals surface area contributed by atoms with Crippen LogP contribution in [-0.2, 0) is 6.54 Å². The Kier molecular flexibility index (Phi) is 4.99. The molecule has 3 aromatic carbocycles. The summed E-state index contributed by atoms with van der Waals surface area (Å²) in [5.41, 5.74) is 9.13. The number of hydrogen-bond acceptors (Lipinski definition) is 2. The summed E-state index contributed by atoms with van der Waals surface area (Å²) in [6.45, 7) is 0.401. The molecule has 0 bridgehead atoms. The van der Waals surface area contributed by atoms with Crippen LogP contribution in [0.3, 0.4) is 0 Å². The summed E-state index contributed by atoms with van der Waals surface area (Å²) in [7, 11) is 0. The normalized spacial score (nSPS) is 10.6. The molecule has 0 aromatic heterocycles. The minimum Gasteiger partial charge on any atom is -0.397 e. The molecule has 2 nitrogen and oxygen atoms in total. The topological polar surface area (TPSA) is 38.0 Å². The molecule has 0 spiro atoms. The maximum Gasteiger partial charge on any atom is 0.164 e. The fourth-order valence-electron chi connectivity index (χ4n) is 2.43. The number of nitrogen functional groups attached to an aromatic ring is 1. The fraction of sp³-hybridized carbons (Fsp3) is 0.0526. The van der Waals surface area contributed by atoms with Gasteiger partial charge in [0.05, 0.1) is 14.9 Å². The second-order valence-electron chi connectivity index (χ2n) is 5.37. The van der Waals surface area contributed by atoms with Gasteiger partial charge in [0.1, 0.15) is 5.82 Å². The van der Waals surface area contributed by atoms with Gasteiger partial charge in [0.25, 0.3) is 0 Å². The minimum absolute atomic E-state index is 0.0614. The molecule has 5 heteroatoms. The maximum atomic E-state index is 14.1. The van der Waals surface area contributed by atoms with E-state index in [1.165, 1.54) is 0 Å². The second-order valence-corrected chi connectivity index (χ2v) is 6.45. The van der Waals surface area contributed by atoms with Gasteiger partial charge in [0.15, 0.2) is 5.82 Å². The molecular formula is C19H15F2IN2. The van der Waals surface area contributed by atoms with E-state index >= 15 is 0 Å². The lowest BCUT2D eigenvalue weighted by molar-refractivity contribution is 0.573. The van der Waals surface area contributed by atoms with Crippen molar-refractivity contribution in [2.24, 2.45) is 0 Å². The summed E-state index contributed by atoms with van der Waals surface area (Å²) in [4.78, 5) is 0. The number of nitrogens with one attached hydrogen (secondary N) is 1. The lowest BCUT2D eigenvalue weighted by Crippen LogP contribution is -2.07. The standard InChI is InChI=1S/C19H15F2IN2/c20-15-10-16(23)19(17(21)18(15)22)24-11-12-6-8-14(9-7-12)13-4-2-1-3-5-13/h1-10,24H,11,23H2. The Morgan fingerprint density at radius 3 is 2.21 bits per heavy atom. The van der Waals surface area contributed by atoms with Crippen molar-refractivity contribution in [3.63, 3.8) is 0 Å². The molecule has 0 fully saturated rings. The third kappa shape index (κ3) is 3.51. The smallest absolute Gasteiger partial charge is 0.164 e. The lowest BCUT2D eigenvalue weighted by Gasteiger charge is -2.12. The van der Waals surface area contributed by atoms with Crippen LogP contribution >= 0.6 is 22.6 Å². The van der Waals surface area contributed by atoms with E-state index in [1.54, 1.807) is 22.6 Å². The first kappa shape index (κ1) is 16.7. The molecule has 0 saturated carbocycles. The van der Waals surface area contributed by atoms with Crippen LogP contribution in [0.1, 0.15) is 5.56 Å². The third-order valence-electron chi connectivity index (χ3n) is 3.72. The first-order valence-electron chi connectivity index (χ1n) is 7.37. The van der Waals surface area contributed by atoms with Gasteiger partial charge >= 0.3 is 0 Å². The summed E-state index contributed by atoms with van der Waals surface area (Å²) in [5, 5.41) is 2.95. The number of nitrogens with two attached hydrogens (primary N) is 1. The fourth-order valence-corrected chi connectivity index (χ4v) is 2.85. The predicted molar refractivity (Wildman–Crippen MR) is 103 cm³/mol. The number of rotatable bonds is 4. The zero-order valence-corrected chi connectivity index (χ0v) is 14.8. The van der Waals surface area contributed by atoms with Gasteiger partial charge in [-0.25, -0.2) is 8.78 Å². The van der Waals surface area contributed by atoms with Crippen molar-refractivity contribution in [2.45, 2.75) is 6.54 Å². The molecule has 122 valence electrons. The van der Waals surface area contributed by atoms with E-state index in [-0.39, 0.29) is 14.9 Å². The third-order valence-corrected chi connectivity index (χ3v) is 4.71. The molecule has 0 aliphatic rings. The summed E-state index contributed by atoms with van der Waals surface area (Å²) in [6, 6.07) is 19.2. The zero-order chi connectivity index (χ0) is 17.1. The van der Waals surface area contributed by atoms with Crippen LogP contribution in [0, 0.1) is 15.2 Å². The van der Waals surface area contributed by atoms with Gasteiger partial charge in [-0.15, -0.1) is 0 Å². The highest BCUT2D eigenvalue weighted by Crippen LogP contribution is 2.29. The molecule has 24 heavy (non-hydrogen) atoms. The van der Waals surface area contributed by atoms with Crippen LogP contribution < -0.4 is 11.1 Å². The summed E-state index contributed by atoms with van der Waals surface area (Å²) < 4.78 is 27.5. The highest BCUT2D eigenvalue weighted by atomic mass is 127. The van der Waals surface area contributed by atoms with Crippen LogP contribution in [0.2, 0.25) is 0 Å². The Morgan fingerprint density at radius 2 is 1.54 bits per heavy atom. The van der Waals surface area contributed by atoms with Gasteiger partial charge in [-0.05, 0) is 39.3 Å². The molecule has 0 unspecified atom stereocenters. The first-order chi connectivity index (χ1) is 11.6. The molecule has 3 rings (SSSR count). The van der Waals surface area contributed by atoms with Crippen molar-refractivity contribution < 1.29 is 8.78 Å². The van der Waals surface area contributed by atoms with Gasteiger partial charge in [0.2, 0.25) is 0 Å². The average Bonchev–Trinajstić information content (AvgIpc) is 2.61. The van der Waals surface area contributed by atoms with Crippen molar-refractivity contribution in [3.05, 3.63) is 81.4 Å². The van der Waals surface area contributed by atoms with Crippen LogP contribution in [0.5, 0.6) is 0 Å². The van der Waals surface area contributed by atoms with Crippen LogP contribution in [0.4, 0.5) is 20.2 Å². The van der Waals surface area contributed by atoms with Gasteiger partial charge in [-0.2, -0.15) is 0 Å². The Hall–Kier alpha value is -2.15. The van der Waals surface area contributed by atoms with Crippen molar-refractivity contribution in [1.82, 2.24) is 0 Å². The predicted octanol–water partition coefficient (Wildman–Crippen LogP) is 5.43. The van der Waals surface area contributed by atoms with Gasteiger partial charge in [0, 0.05) is 12.6 Å². The number of hydrogen-bond donors (Lipinski definition) is 2. The maximum absolute atomic E-state index is 14.1. The SMILES string of the molecule is Nc1cc(F)c(I)c(F)c1NCc1ccc(-c2ccccc2)cc1. The molecule has 0 aliphatic carbocycles. The van der Waals surface area contributed by atoms with E-state index in [9.17, 15) is 8.78 Å². The van der Waals surface area contributed by atoms with Crippen molar-refractivity contribution in [2.75, 3.05) is 11.1 Å². The van der Waals surface area contributed by atoms with Crippen molar-refractivity contribution in [1.29, 1.82) is 0 Å². The van der Waals surface area contributed by atoms with Gasteiger partial charge in [-0.3, -0.25) is 0 Å². The largest absolute Gasteiger partial charge is 0.397 e. The molecule has 0 saturated heterocycles. The van der Waals surface area contributed by atoms with E-state index in [2.05, 4.69) is 5.32 Å². The Bertz CT molecular complexity index is 849. The van der Waals surface area contributed by atoms with Crippen LogP contribution in [-0.4, -0.2) is 0 Å². The van der Waals surface area contributed by atoms with E-state index < -0.39 is 11.6 Å². The Morgan fingerprint density at radius 1 is 0.917 bits per heavy atom. The van der Waals surface area contributed by atoms with E-state index in [0.29, 0.717) is 6.54 Å². The molecule has 0 radical (unpaired) electrons. The molecule has 3 N–H and O–H groups in total. The number of halogens is 3. The molecule has 0 atom stereocenters. The van der Waals surface area contributed by atoms with E-state index in [0.717, 1.165) is 22.8 Å². The zero-order valence-electron chi connectivity index (χ0n) is 12.7. The monoisotopic (exact) mass is 436 g/mol. The molecular weight excluding hydrogens is 421 g/mol. The second kappa shape index (κ2) is 7.17. The van der Waals surface area contributed by atoms with Crippen molar-refractivity contribution in [3.8, 4) is 11.1 Å². The van der Waals surface area contributed by atoms with E-state index in [1.807, 2.05) is 54.6 Å². The Balaban J connectivity index is 1.75. The molecule has 3 aromatic rings. The summed E-state index contributed by atoms with van der Waals surface area (Å²) >= 11 is 1.63. The summed E-state index contributed by atoms with van der Waals surface area (Å²) in [6.07, 6.45) is 0. The number of anilines is 2. The van der Waals surface area contributed by atoms with Crippen LogP contribution in [0.15, 0.2) is 60.7 Å². The Labute approximate surface area is 152 Å². The van der Waals surface area contributed by atoms with Gasteiger partial charge in [-0.1, -0.05) is 54.6 Å².